The summed E-state index contributed by atoms with van der Waals surface area (Å²) in [5.41, 5.74) is 0. The zero-order chi connectivity index (χ0) is 19.0. The van der Waals surface area contributed by atoms with Gasteiger partial charge in [0, 0.05) is 0 Å². The molecule has 27 heavy (non-hydrogen) atoms. The van der Waals surface area contributed by atoms with Gasteiger partial charge < -0.3 is 5.11 Å². The van der Waals surface area contributed by atoms with E-state index >= 15 is 0 Å². The van der Waals surface area contributed by atoms with Crippen LogP contribution in [-0.4, -0.2) is 17.4 Å². The Balaban J connectivity index is 2.11. The first-order valence-corrected chi connectivity index (χ1v) is 12.0. The standard InChI is InChI=1S/C25H30OP/c1-2-3-7-14-22(26)21-27(23-15-8-4-9-16-23,24-17-10-5-11-18-24)25-19-12-6-13-20-25/h4-6,8-13,15-20,22,26H,2-3,7,14,21H2,1H3/q+1/t22-/m1/s1. The number of rotatable bonds is 9. The van der Waals surface area contributed by atoms with E-state index in [9.17, 15) is 5.11 Å². The highest BCUT2D eigenvalue weighted by molar-refractivity contribution is 7.95. The maximum Gasteiger partial charge on any atom is 0.114 e. The molecule has 140 valence electrons. The summed E-state index contributed by atoms with van der Waals surface area (Å²) in [6, 6.07) is 32.4. The van der Waals surface area contributed by atoms with Crippen molar-refractivity contribution in [2.45, 2.75) is 38.7 Å². The van der Waals surface area contributed by atoms with Crippen LogP contribution in [0.3, 0.4) is 0 Å². The second-order valence-corrected chi connectivity index (χ2v) is 10.7. The van der Waals surface area contributed by atoms with Gasteiger partial charge in [-0.3, -0.25) is 0 Å². The van der Waals surface area contributed by atoms with Gasteiger partial charge in [0.2, 0.25) is 0 Å². The van der Waals surface area contributed by atoms with Crippen molar-refractivity contribution in [3.63, 3.8) is 0 Å². The first kappa shape index (κ1) is 19.8. The number of unbranched alkanes of at least 4 members (excludes halogenated alkanes) is 2. The third kappa shape index (κ3) is 4.67. The predicted octanol–water partition coefficient (Wildman–Crippen LogP) is 4.92. The van der Waals surface area contributed by atoms with Crippen LogP contribution in [0.2, 0.25) is 0 Å². The van der Waals surface area contributed by atoms with Crippen LogP contribution >= 0.6 is 7.26 Å². The third-order valence-electron chi connectivity index (χ3n) is 5.22. The lowest BCUT2D eigenvalue weighted by atomic mass is 10.1. The minimum absolute atomic E-state index is 0.287. The lowest BCUT2D eigenvalue weighted by Crippen LogP contribution is -2.37. The van der Waals surface area contributed by atoms with Gasteiger partial charge in [-0.05, 0) is 42.8 Å². The predicted molar refractivity (Wildman–Crippen MR) is 120 cm³/mol. The summed E-state index contributed by atoms with van der Waals surface area (Å²) in [6.45, 7) is 2.21. The zero-order valence-electron chi connectivity index (χ0n) is 16.2. The minimum atomic E-state index is -1.91. The van der Waals surface area contributed by atoms with E-state index in [0.29, 0.717) is 0 Å². The molecule has 0 aliphatic heterocycles. The molecule has 0 aliphatic carbocycles. The maximum atomic E-state index is 11.0. The summed E-state index contributed by atoms with van der Waals surface area (Å²) in [4.78, 5) is 0. The smallest absolute Gasteiger partial charge is 0.114 e. The highest BCUT2D eigenvalue weighted by Gasteiger charge is 2.46. The summed E-state index contributed by atoms with van der Waals surface area (Å²) in [7, 11) is -1.91. The molecule has 0 aromatic heterocycles. The molecule has 0 radical (unpaired) electrons. The summed E-state index contributed by atoms with van der Waals surface area (Å²) >= 11 is 0. The number of hydrogen-bond donors (Lipinski definition) is 1. The average molecular weight is 377 g/mol. The van der Waals surface area contributed by atoms with E-state index < -0.39 is 7.26 Å². The molecular weight excluding hydrogens is 347 g/mol. The Kier molecular flexibility index (Phi) is 7.21. The van der Waals surface area contributed by atoms with Crippen molar-refractivity contribution in [1.82, 2.24) is 0 Å². The second-order valence-electron chi connectivity index (χ2n) is 7.15. The highest BCUT2D eigenvalue weighted by atomic mass is 31.2. The number of benzene rings is 3. The van der Waals surface area contributed by atoms with Crippen LogP contribution in [-0.2, 0) is 0 Å². The Morgan fingerprint density at radius 2 is 1.07 bits per heavy atom. The van der Waals surface area contributed by atoms with E-state index in [2.05, 4.69) is 97.9 Å². The van der Waals surface area contributed by atoms with Gasteiger partial charge in [-0.25, -0.2) is 0 Å². The van der Waals surface area contributed by atoms with Crippen molar-refractivity contribution in [2.75, 3.05) is 6.16 Å². The molecule has 2 heteroatoms. The lowest BCUT2D eigenvalue weighted by molar-refractivity contribution is 0.184. The van der Waals surface area contributed by atoms with Crippen LogP contribution in [0.1, 0.15) is 32.6 Å². The Labute approximate surface area is 164 Å². The molecule has 0 aliphatic rings. The van der Waals surface area contributed by atoms with Crippen molar-refractivity contribution >= 4 is 23.2 Å². The van der Waals surface area contributed by atoms with Gasteiger partial charge in [-0.1, -0.05) is 80.8 Å². The highest BCUT2D eigenvalue weighted by Crippen LogP contribution is 2.56. The number of aliphatic hydroxyl groups is 1. The minimum Gasteiger partial charge on any atom is -0.389 e. The van der Waals surface area contributed by atoms with Crippen LogP contribution in [0, 0.1) is 0 Å². The molecule has 1 N–H and O–H groups in total. The zero-order valence-corrected chi connectivity index (χ0v) is 17.1. The van der Waals surface area contributed by atoms with Crippen LogP contribution in [0.25, 0.3) is 0 Å². The quantitative estimate of drug-likeness (QED) is 0.414. The first-order chi connectivity index (χ1) is 13.3. The Morgan fingerprint density at radius 3 is 1.44 bits per heavy atom. The van der Waals surface area contributed by atoms with Gasteiger partial charge in [0.15, 0.2) is 0 Å². The van der Waals surface area contributed by atoms with Gasteiger partial charge in [0.25, 0.3) is 0 Å². The van der Waals surface area contributed by atoms with Crippen molar-refractivity contribution in [1.29, 1.82) is 0 Å². The molecule has 0 fully saturated rings. The average Bonchev–Trinajstić information content (AvgIpc) is 2.74. The molecule has 1 nitrogen and oxygen atoms in total. The van der Waals surface area contributed by atoms with Crippen LogP contribution < -0.4 is 15.9 Å². The maximum absolute atomic E-state index is 11.0. The molecule has 0 spiro atoms. The SMILES string of the molecule is CCCCC[C@@H](O)C[P+](c1ccccc1)(c1ccccc1)c1ccccc1. The van der Waals surface area contributed by atoms with E-state index in [1.165, 1.54) is 28.8 Å². The molecule has 0 heterocycles. The van der Waals surface area contributed by atoms with Crippen LogP contribution in [0.15, 0.2) is 91.0 Å². The number of hydrogen-bond acceptors (Lipinski definition) is 1. The van der Waals surface area contributed by atoms with E-state index in [4.69, 9.17) is 0 Å². The van der Waals surface area contributed by atoms with Gasteiger partial charge in [-0.2, -0.15) is 0 Å². The molecule has 0 bridgehead atoms. The van der Waals surface area contributed by atoms with E-state index in [1.54, 1.807) is 0 Å². The molecule has 3 aromatic carbocycles. The Morgan fingerprint density at radius 1 is 0.667 bits per heavy atom. The monoisotopic (exact) mass is 377 g/mol. The molecule has 1 atom stereocenters. The molecular formula is C25H30OP+. The van der Waals surface area contributed by atoms with Gasteiger partial charge in [0.05, 0.1) is 12.3 Å². The summed E-state index contributed by atoms with van der Waals surface area (Å²) < 4.78 is 0. The van der Waals surface area contributed by atoms with Gasteiger partial charge >= 0.3 is 0 Å². The van der Waals surface area contributed by atoms with E-state index in [0.717, 1.165) is 19.0 Å². The van der Waals surface area contributed by atoms with E-state index in [1.807, 2.05) is 0 Å². The Bertz CT molecular complexity index is 690. The molecule has 3 aromatic rings. The fourth-order valence-corrected chi connectivity index (χ4v) is 8.23. The van der Waals surface area contributed by atoms with Crippen LogP contribution in [0.4, 0.5) is 0 Å². The van der Waals surface area contributed by atoms with Crippen molar-refractivity contribution < 1.29 is 5.11 Å². The van der Waals surface area contributed by atoms with Crippen molar-refractivity contribution in [3.05, 3.63) is 91.0 Å². The molecule has 3 rings (SSSR count). The second kappa shape index (κ2) is 9.83. The molecule has 0 amide bonds. The summed E-state index contributed by atoms with van der Waals surface area (Å²) in [5, 5.41) is 15.1. The summed E-state index contributed by atoms with van der Waals surface area (Å²) in [5.74, 6) is 0. The summed E-state index contributed by atoms with van der Waals surface area (Å²) in [6.07, 6.45) is 4.85. The van der Waals surface area contributed by atoms with E-state index in [-0.39, 0.29) is 6.10 Å². The Hall–Kier alpha value is -1.95. The molecule has 0 saturated heterocycles. The molecule has 0 unspecified atom stereocenters. The number of aliphatic hydroxyl groups excluding tert-OH is 1. The lowest BCUT2D eigenvalue weighted by Gasteiger charge is -2.29. The van der Waals surface area contributed by atoms with Crippen molar-refractivity contribution in [3.8, 4) is 0 Å². The fraction of sp³-hybridized carbons (Fsp3) is 0.280. The van der Waals surface area contributed by atoms with Gasteiger partial charge in [0.1, 0.15) is 23.2 Å². The van der Waals surface area contributed by atoms with Gasteiger partial charge in [-0.15, -0.1) is 0 Å². The first-order valence-electron chi connectivity index (χ1n) is 10.0. The normalized spacial score (nSPS) is 12.7. The largest absolute Gasteiger partial charge is 0.389 e. The van der Waals surface area contributed by atoms with Crippen LogP contribution in [0.5, 0.6) is 0 Å². The topological polar surface area (TPSA) is 20.2 Å². The van der Waals surface area contributed by atoms with Crippen molar-refractivity contribution in [2.24, 2.45) is 0 Å². The fourth-order valence-electron chi connectivity index (χ4n) is 3.85. The third-order valence-corrected chi connectivity index (χ3v) is 9.72. The molecule has 0 saturated carbocycles.